The van der Waals surface area contributed by atoms with Gasteiger partial charge in [0.1, 0.15) is 11.5 Å². The van der Waals surface area contributed by atoms with Crippen molar-refractivity contribution in [3.8, 4) is 11.5 Å². The Morgan fingerprint density at radius 2 is 1.79 bits per heavy atom. The lowest BCUT2D eigenvalue weighted by atomic mass is 10.0. The fourth-order valence-electron chi connectivity index (χ4n) is 2.18. The fraction of sp³-hybridized carbons (Fsp3) is 0.263. The number of amides is 1. The zero-order valence-corrected chi connectivity index (χ0v) is 14.4. The average Bonchev–Trinajstić information content (AvgIpc) is 2.61. The van der Waals surface area contributed by atoms with Gasteiger partial charge >= 0.3 is 0 Å². The van der Waals surface area contributed by atoms with Crippen LogP contribution >= 0.6 is 0 Å². The van der Waals surface area contributed by atoms with Crippen molar-refractivity contribution in [1.29, 1.82) is 0 Å². The summed E-state index contributed by atoms with van der Waals surface area (Å²) < 4.78 is 10.4. The first-order valence-corrected chi connectivity index (χ1v) is 7.70. The minimum Gasteiger partial charge on any atom is -0.497 e. The monoisotopic (exact) mass is 326 g/mol. The second-order valence-corrected chi connectivity index (χ2v) is 5.58. The summed E-state index contributed by atoms with van der Waals surface area (Å²) in [6.07, 6.45) is 1.53. The molecule has 0 aromatic heterocycles. The largest absolute Gasteiger partial charge is 0.497 e. The molecule has 0 saturated carbocycles. The molecule has 0 aliphatic carbocycles. The van der Waals surface area contributed by atoms with Crippen molar-refractivity contribution in [3.05, 3.63) is 59.2 Å². The lowest BCUT2D eigenvalue weighted by Gasteiger charge is -2.07. The van der Waals surface area contributed by atoms with Crippen LogP contribution in [0, 0.1) is 0 Å². The number of hydrazone groups is 1. The second-order valence-electron chi connectivity index (χ2n) is 5.58. The molecule has 2 aromatic carbocycles. The highest BCUT2D eigenvalue weighted by Gasteiger charge is 2.06. The Labute approximate surface area is 142 Å². The molecule has 5 nitrogen and oxygen atoms in total. The molecule has 1 N–H and O–H groups in total. The van der Waals surface area contributed by atoms with Gasteiger partial charge in [0, 0.05) is 11.1 Å². The Bertz CT molecular complexity index is 722. The molecule has 0 aliphatic rings. The second kappa shape index (κ2) is 8.15. The number of ether oxygens (including phenoxy) is 2. The molecule has 2 aromatic rings. The van der Waals surface area contributed by atoms with Crippen LogP contribution in [0.1, 0.15) is 41.3 Å². The highest BCUT2D eigenvalue weighted by atomic mass is 16.5. The Balaban J connectivity index is 2.06. The maximum absolute atomic E-state index is 12.1. The van der Waals surface area contributed by atoms with Crippen LogP contribution in [0.25, 0.3) is 0 Å². The highest BCUT2D eigenvalue weighted by molar-refractivity contribution is 5.95. The molecule has 0 heterocycles. The zero-order valence-electron chi connectivity index (χ0n) is 14.4. The van der Waals surface area contributed by atoms with Gasteiger partial charge in [-0.2, -0.15) is 5.10 Å². The van der Waals surface area contributed by atoms with Crippen molar-refractivity contribution < 1.29 is 14.3 Å². The van der Waals surface area contributed by atoms with E-state index in [0.29, 0.717) is 28.5 Å². The van der Waals surface area contributed by atoms with E-state index in [2.05, 4.69) is 24.4 Å². The predicted octanol–water partition coefficient (Wildman–Crippen LogP) is 3.59. The number of carbonyl (C=O) groups excluding carboxylic acids is 1. The number of hydrogen-bond donors (Lipinski definition) is 1. The molecule has 24 heavy (non-hydrogen) atoms. The van der Waals surface area contributed by atoms with E-state index >= 15 is 0 Å². The van der Waals surface area contributed by atoms with Crippen molar-refractivity contribution in [2.75, 3.05) is 14.2 Å². The molecule has 0 unspecified atom stereocenters. The predicted molar refractivity (Wildman–Crippen MR) is 95.1 cm³/mol. The number of hydrogen-bond acceptors (Lipinski definition) is 4. The first-order valence-electron chi connectivity index (χ1n) is 7.70. The smallest absolute Gasteiger partial charge is 0.271 e. The molecule has 2 rings (SSSR count). The van der Waals surface area contributed by atoms with E-state index in [1.807, 2.05) is 12.1 Å². The molecule has 0 spiro atoms. The Hall–Kier alpha value is -2.82. The van der Waals surface area contributed by atoms with E-state index in [1.165, 1.54) is 11.8 Å². The molecule has 0 aliphatic heterocycles. The molecule has 1 amide bonds. The van der Waals surface area contributed by atoms with Crippen LogP contribution < -0.4 is 14.9 Å². The minimum atomic E-state index is -0.261. The van der Waals surface area contributed by atoms with Gasteiger partial charge in [0.05, 0.1) is 20.4 Å². The normalized spacial score (nSPS) is 10.9. The van der Waals surface area contributed by atoms with Crippen LogP contribution in [0.4, 0.5) is 0 Å². The minimum absolute atomic E-state index is 0.261. The third-order valence-electron chi connectivity index (χ3n) is 3.65. The average molecular weight is 326 g/mol. The van der Waals surface area contributed by atoms with Crippen LogP contribution in [0.2, 0.25) is 0 Å². The molecular weight excluding hydrogens is 304 g/mol. The quantitative estimate of drug-likeness (QED) is 0.652. The first kappa shape index (κ1) is 17.5. The van der Waals surface area contributed by atoms with Crippen molar-refractivity contribution in [1.82, 2.24) is 5.43 Å². The summed E-state index contributed by atoms with van der Waals surface area (Å²) in [4.78, 5) is 12.1. The molecule has 126 valence electrons. The molecule has 5 heteroatoms. The van der Waals surface area contributed by atoms with E-state index in [1.54, 1.807) is 44.6 Å². The summed E-state index contributed by atoms with van der Waals surface area (Å²) in [6.45, 7) is 4.22. The summed E-state index contributed by atoms with van der Waals surface area (Å²) in [5, 5.41) is 4.00. The van der Waals surface area contributed by atoms with E-state index < -0.39 is 0 Å². The number of rotatable bonds is 6. The summed E-state index contributed by atoms with van der Waals surface area (Å²) in [5.41, 5.74) is 4.99. The molecular formula is C19H22N2O3. The van der Waals surface area contributed by atoms with Crippen molar-refractivity contribution in [3.63, 3.8) is 0 Å². The summed E-state index contributed by atoms with van der Waals surface area (Å²) in [7, 11) is 3.17. The first-order chi connectivity index (χ1) is 11.5. The van der Waals surface area contributed by atoms with Gasteiger partial charge in [-0.25, -0.2) is 5.43 Å². The van der Waals surface area contributed by atoms with E-state index in [-0.39, 0.29) is 5.91 Å². The van der Waals surface area contributed by atoms with Gasteiger partial charge in [-0.15, -0.1) is 0 Å². The van der Waals surface area contributed by atoms with Crippen LogP contribution in [-0.2, 0) is 0 Å². The Morgan fingerprint density at radius 1 is 1.08 bits per heavy atom. The molecule has 0 bridgehead atoms. The van der Waals surface area contributed by atoms with E-state index in [0.717, 1.165) is 0 Å². The lowest BCUT2D eigenvalue weighted by Crippen LogP contribution is -2.17. The number of nitrogens with zero attached hydrogens (tertiary/aromatic N) is 1. The van der Waals surface area contributed by atoms with Crippen molar-refractivity contribution in [2.24, 2.45) is 5.10 Å². The summed E-state index contributed by atoms with van der Waals surface area (Å²) in [6, 6.07) is 12.9. The Kier molecular flexibility index (Phi) is 5.95. The van der Waals surface area contributed by atoms with E-state index in [4.69, 9.17) is 9.47 Å². The zero-order chi connectivity index (χ0) is 17.5. The van der Waals surface area contributed by atoms with Crippen LogP contribution in [-0.4, -0.2) is 26.3 Å². The number of carbonyl (C=O) groups is 1. The Morgan fingerprint density at radius 3 is 2.38 bits per heavy atom. The SMILES string of the molecule is COc1ccc(OC)c(/C=N/NC(=O)c2ccc(C(C)C)cc2)c1. The van der Waals surface area contributed by atoms with Crippen LogP contribution in [0.5, 0.6) is 11.5 Å². The fourth-order valence-corrected chi connectivity index (χ4v) is 2.18. The van der Waals surface area contributed by atoms with Gasteiger partial charge in [0.25, 0.3) is 5.91 Å². The van der Waals surface area contributed by atoms with Gasteiger partial charge in [-0.1, -0.05) is 26.0 Å². The summed E-state index contributed by atoms with van der Waals surface area (Å²) in [5.74, 6) is 1.51. The maximum atomic E-state index is 12.1. The topological polar surface area (TPSA) is 59.9 Å². The highest BCUT2D eigenvalue weighted by Crippen LogP contribution is 2.22. The van der Waals surface area contributed by atoms with E-state index in [9.17, 15) is 4.79 Å². The molecule has 0 radical (unpaired) electrons. The molecule has 0 atom stereocenters. The molecule has 0 fully saturated rings. The summed E-state index contributed by atoms with van der Waals surface area (Å²) >= 11 is 0. The number of benzene rings is 2. The van der Waals surface area contributed by atoms with Crippen molar-refractivity contribution in [2.45, 2.75) is 19.8 Å². The molecule has 0 saturated heterocycles. The standard InChI is InChI=1S/C19H22N2O3/c1-13(2)14-5-7-15(8-6-14)19(22)21-20-12-16-11-17(23-3)9-10-18(16)24-4/h5-13H,1-4H3,(H,21,22)/b20-12+. The van der Waals surface area contributed by atoms with Crippen LogP contribution in [0.3, 0.4) is 0 Å². The van der Waals surface area contributed by atoms with Gasteiger partial charge in [0.2, 0.25) is 0 Å². The number of methoxy groups -OCH3 is 2. The van der Waals surface area contributed by atoms with Gasteiger partial charge in [0.15, 0.2) is 0 Å². The third kappa shape index (κ3) is 4.35. The third-order valence-corrected chi connectivity index (χ3v) is 3.65. The van der Waals surface area contributed by atoms with Crippen LogP contribution in [0.15, 0.2) is 47.6 Å². The number of nitrogens with one attached hydrogen (secondary N) is 1. The van der Waals surface area contributed by atoms with Crippen molar-refractivity contribution >= 4 is 12.1 Å². The lowest BCUT2D eigenvalue weighted by molar-refractivity contribution is 0.0955. The van der Waals surface area contributed by atoms with Gasteiger partial charge in [-0.05, 0) is 41.8 Å². The van der Waals surface area contributed by atoms with Gasteiger partial charge < -0.3 is 9.47 Å². The maximum Gasteiger partial charge on any atom is 0.271 e. The van der Waals surface area contributed by atoms with Gasteiger partial charge in [-0.3, -0.25) is 4.79 Å².